The summed E-state index contributed by atoms with van der Waals surface area (Å²) in [6.07, 6.45) is 3.24. The van der Waals surface area contributed by atoms with E-state index in [1.165, 1.54) is 18.3 Å². The SMILES string of the molecule is O=C(NCCc1ccc(F)cc1)Oc1cnn(Cc2ccccc2)c1. The van der Waals surface area contributed by atoms with Gasteiger partial charge >= 0.3 is 6.09 Å². The lowest BCUT2D eigenvalue weighted by Crippen LogP contribution is -2.28. The average molecular weight is 339 g/mol. The number of rotatable bonds is 6. The zero-order valence-electron chi connectivity index (χ0n) is 13.6. The van der Waals surface area contributed by atoms with E-state index in [0.29, 0.717) is 25.3 Å². The maximum atomic E-state index is 12.8. The molecule has 1 heterocycles. The molecule has 0 saturated heterocycles. The molecule has 0 unspecified atom stereocenters. The molecule has 3 rings (SSSR count). The van der Waals surface area contributed by atoms with Gasteiger partial charge in [0.25, 0.3) is 0 Å². The lowest BCUT2D eigenvalue weighted by Gasteiger charge is -2.05. The lowest BCUT2D eigenvalue weighted by molar-refractivity contribution is 0.200. The average Bonchev–Trinajstić information content (AvgIpc) is 3.04. The number of carbonyl (C=O) groups is 1. The third kappa shape index (κ3) is 5.17. The van der Waals surface area contributed by atoms with Crippen molar-refractivity contribution < 1.29 is 13.9 Å². The van der Waals surface area contributed by atoms with Crippen LogP contribution in [-0.4, -0.2) is 22.4 Å². The highest BCUT2D eigenvalue weighted by Gasteiger charge is 2.07. The summed E-state index contributed by atoms with van der Waals surface area (Å²) < 4.78 is 19.7. The number of hydrogen-bond donors (Lipinski definition) is 1. The normalized spacial score (nSPS) is 10.4. The summed E-state index contributed by atoms with van der Waals surface area (Å²) in [5.74, 6) is 0.110. The van der Waals surface area contributed by atoms with E-state index < -0.39 is 6.09 Å². The maximum absolute atomic E-state index is 12.8. The quantitative estimate of drug-likeness (QED) is 0.749. The van der Waals surface area contributed by atoms with Gasteiger partial charge in [-0.05, 0) is 29.7 Å². The first-order valence-corrected chi connectivity index (χ1v) is 7.95. The highest BCUT2D eigenvalue weighted by molar-refractivity contribution is 5.70. The first kappa shape index (κ1) is 16.7. The van der Waals surface area contributed by atoms with E-state index in [9.17, 15) is 9.18 Å². The number of nitrogens with zero attached hydrogens (tertiary/aromatic N) is 2. The van der Waals surface area contributed by atoms with Crippen LogP contribution in [0.5, 0.6) is 5.75 Å². The van der Waals surface area contributed by atoms with E-state index >= 15 is 0 Å². The Balaban J connectivity index is 1.44. The fourth-order valence-corrected chi connectivity index (χ4v) is 2.36. The van der Waals surface area contributed by atoms with Crippen molar-refractivity contribution in [2.75, 3.05) is 6.54 Å². The smallest absolute Gasteiger partial charge is 0.407 e. The molecule has 1 aromatic heterocycles. The maximum Gasteiger partial charge on any atom is 0.412 e. The fourth-order valence-electron chi connectivity index (χ4n) is 2.36. The van der Waals surface area contributed by atoms with Crippen molar-refractivity contribution in [3.8, 4) is 5.75 Å². The molecule has 0 aliphatic heterocycles. The van der Waals surface area contributed by atoms with Crippen LogP contribution >= 0.6 is 0 Å². The molecule has 3 aromatic rings. The minimum atomic E-state index is -0.540. The van der Waals surface area contributed by atoms with Crippen molar-refractivity contribution >= 4 is 6.09 Å². The molecule has 6 heteroatoms. The van der Waals surface area contributed by atoms with E-state index in [1.54, 1.807) is 23.0 Å². The van der Waals surface area contributed by atoms with E-state index in [-0.39, 0.29) is 5.82 Å². The Bertz CT molecular complexity index is 816. The first-order valence-electron chi connectivity index (χ1n) is 7.95. The Morgan fingerprint density at radius 3 is 2.60 bits per heavy atom. The summed E-state index contributed by atoms with van der Waals surface area (Å²) in [7, 11) is 0. The summed E-state index contributed by atoms with van der Waals surface area (Å²) >= 11 is 0. The predicted octanol–water partition coefficient (Wildman–Crippen LogP) is 3.40. The van der Waals surface area contributed by atoms with Crippen LogP contribution in [0.15, 0.2) is 67.0 Å². The van der Waals surface area contributed by atoms with Gasteiger partial charge in [0.2, 0.25) is 0 Å². The van der Waals surface area contributed by atoms with Crippen LogP contribution in [0.1, 0.15) is 11.1 Å². The zero-order chi connectivity index (χ0) is 17.5. The van der Waals surface area contributed by atoms with Crippen LogP contribution < -0.4 is 10.1 Å². The minimum absolute atomic E-state index is 0.274. The highest BCUT2D eigenvalue weighted by atomic mass is 19.1. The van der Waals surface area contributed by atoms with Gasteiger partial charge in [-0.3, -0.25) is 4.68 Å². The topological polar surface area (TPSA) is 56.1 Å². The Kier molecular flexibility index (Phi) is 5.41. The molecule has 25 heavy (non-hydrogen) atoms. The fraction of sp³-hybridized carbons (Fsp3) is 0.158. The molecule has 128 valence electrons. The van der Waals surface area contributed by atoms with Crippen LogP contribution in [0, 0.1) is 5.82 Å². The molecular weight excluding hydrogens is 321 g/mol. The zero-order valence-corrected chi connectivity index (χ0v) is 13.6. The minimum Gasteiger partial charge on any atom is -0.407 e. The van der Waals surface area contributed by atoms with Gasteiger partial charge in [0, 0.05) is 6.54 Å². The van der Waals surface area contributed by atoms with Gasteiger partial charge < -0.3 is 10.1 Å². The van der Waals surface area contributed by atoms with Crippen LogP contribution in [0.25, 0.3) is 0 Å². The molecule has 0 saturated carbocycles. The number of halogens is 1. The van der Waals surface area contributed by atoms with Crippen LogP contribution in [0.3, 0.4) is 0 Å². The number of nitrogens with one attached hydrogen (secondary N) is 1. The van der Waals surface area contributed by atoms with Crippen molar-refractivity contribution in [3.05, 3.63) is 83.9 Å². The summed E-state index contributed by atoms with van der Waals surface area (Å²) in [4.78, 5) is 11.8. The second-order valence-corrected chi connectivity index (χ2v) is 5.55. The van der Waals surface area contributed by atoms with Crippen LogP contribution in [0.4, 0.5) is 9.18 Å². The molecule has 0 aliphatic carbocycles. The van der Waals surface area contributed by atoms with Gasteiger partial charge in [-0.1, -0.05) is 42.5 Å². The summed E-state index contributed by atoms with van der Waals surface area (Å²) in [6.45, 7) is 1.01. The number of aromatic nitrogens is 2. The van der Waals surface area contributed by atoms with Crippen molar-refractivity contribution in [3.63, 3.8) is 0 Å². The summed E-state index contributed by atoms with van der Waals surface area (Å²) in [5, 5.41) is 6.84. The number of ether oxygens (including phenoxy) is 1. The molecule has 1 N–H and O–H groups in total. The van der Waals surface area contributed by atoms with E-state index in [1.807, 2.05) is 30.3 Å². The molecule has 0 bridgehead atoms. The molecule has 0 atom stereocenters. The van der Waals surface area contributed by atoms with Gasteiger partial charge in [0.05, 0.1) is 18.9 Å². The molecule has 0 radical (unpaired) electrons. The van der Waals surface area contributed by atoms with Crippen molar-refractivity contribution in [2.24, 2.45) is 0 Å². The highest BCUT2D eigenvalue weighted by Crippen LogP contribution is 2.10. The second-order valence-electron chi connectivity index (χ2n) is 5.55. The Hall–Kier alpha value is -3.15. The molecule has 5 nitrogen and oxygen atoms in total. The standard InChI is InChI=1S/C19H18FN3O2/c20-17-8-6-15(7-9-17)10-11-21-19(24)25-18-12-22-23(14-18)13-16-4-2-1-3-5-16/h1-9,12,14H,10-11,13H2,(H,21,24). The molecule has 1 amide bonds. The van der Waals surface area contributed by atoms with E-state index in [4.69, 9.17) is 4.74 Å². The number of amides is 1. The van der Waals surface area contributed by atoms with Gasteiger partial charge in [0.15, 0.2) is 5.75 Å². The largest absolute Gasteiger partial charge is 0.412 e. The third-order valence-electron chi connectivity index (χ3n) is 3.60. The summed E-state index contributed by atoms with van der Waals surface area (Å²) in [5.41, 5.74) is 2.05. The number of benzene rings is 2. The van der Waals surface area contributed by atoms with Crippen LogP contribution in [-0.2, 0) is 13.0 Å². The molecule has 0 fully saturated rings. The Morgan fingerprint density at radius 1 is 1.08 bits per heavy atom. The van der Waals surface area contributed by atoms with Gasteiger partial charge in [-0.2, -0.15) is 5.10 Å². The van der Waals surface area contributed by atoms with Gasteiger partial charge in [-0.15, -0.1) is 0 Å². The Morgan fingerprint density at radius 2 is 1.84 bits per heavy atom. The monoisotopic (exact) mass is 339 g/mol. The Labute approximate surface area is 145 Å². The van der Waals surface area contributed by atoms with Crippen molar-refractivity contribution in [1.82, 2.24) is 15.1 Å². The molecule has 0 spiro atoms. The number of hydrogen-bond acceptors (Lipinski definition) is 3. The van der Waals surface area contributed by atoms with Gasteiger partial charge in [-0.25, -0.2) is 9.18 Å². The van der Waals surface area contributed by atoms with E-state index in [0.717, 1.165) is 11.1 Å². The molecule has 2 aromatic carbocycles. The lowest BCUT2D eigenvalue weighted by atomic mass is 10.1. The predicted molar refractivity (Wildman–Crippen MR) is 91.9 cm³/mol. The summed E-state index contributed by atoms with van der Waals surface area (Å²) in [6, 6.07) is 16.1. The molecule has 0 aliphatic rings. The van der Waals surface area contributed by atoms with E-state index in [2.05, 4.69) is 10.4 Å². The first-order chi connectivity index (χ1) is 12.2. The third-order valence-corrected chi connectivity index (χ3v) is 3.60. The van der Waals surface area contributed by atoms with Gasteiger partial charge in [0.1, 0.15) is 5.82 Å². The van der Waals surface area contributed by atoms with Crippen LogP contribution in [0.2, 0.25) is 0 Å². The van der Waals surface area contributed by atoms with Crippen molar-refractivity contribution in [1.29, 1.82) is 0 Å². The number of carbonyl (C=O) groups excluding carboxylic acids is 1. The second kappa shape index (κ2) is 8.10. The molecular formula is C19H18FN3O2. The van der Waals surface area contributed by atoms with Crippen molar-refractivity contribution in [2.45, 2.75) is 13.0 Å².